The molecular weight excluding hydrogens is 246 g/mol. The predicted molar refractivity (Wildman–Crippen MR) is 84.8 cm³/mol. The second-order valence-electron chi connectivity index (χ2n) is 7.61. The first-order valence-corrected chi connectivity index (χ1v) is 8.71. The molecule has 0 N–H and O–H groups in total. The molecule has 0 aromatic rings. The van der Waals surface area contributed by atoms with Crippen molar-refractivity contribution < 1.29 is 4.79 Å². The van der Waals surface area contributed by atoms with Gasteiger partial charge in [-0.05, 0) is 64.5 Å². The summed E-state index contributed by atoms with van der Waals surface area (Å²) in [6, 6.07) is 0. The molecule has 0 aromatic carbocycles. The number of Topliss-reactive ketones (excluding diaryl/α,β-unsaturated/α-hetero) is 1. The average molecular weight is 279 g/mol. The zero-order valence-corrected chi connectivity index (χ0v) is 14.0. The largest absolute Gasteiger partial charge is 0.297 e. The highest BCUT2D eigenvalue weighted by atomic mass is 16.1. The van der Waals surface area contributed by atoms with Gasteiger partial charge in [-0.15, -0.1) is 0 Å². The number of ketones is 1. The van der Waals surface area contributed by atoms with Crippen LogP contribution in [0.1, 0.15) is 71.6 Å². The Kier molecular flexibility index (Phi) is 5.28. The quantitative estimate of drug-likeness (QED) is 0.765. The van der Waals surface area contributed by atoms with Gasteiger partial charge in [0.15, 0.2) is 5.78 Å². The van der Waals surface area contributed by atoms with E-state index in [0.29, 0.717) is 11.7 Å². The van der Waals surface area contributed by atoms with Gasteiger partial charge in [-0.2, -0.15) is 0 Å². The maximum Gasteiger partial charge on any atom is 0.156 e. The molecule has 0 amide bonds. The highest BCUT2D eigenvalue weighted by molar-refractivity contribution is 5.90. The summed E-state index contributed by atoms with van der Waals surface area (Å²) < 4.78 is 0. The smallest absolute Gasteiger partial charge is 0.156 e. The van der Waals surface area contributed by atoms with E-state index in [-0.39, 0.29) is 5.54 Å². The lowest BCUT2D eigenvalue weighted by atomic mass is 9.67. The van der Waals surface area contributed by atoms with E-state index < -0.39 is 0 Å². The Morgan fingerprint density at radius 2 is 1.80 bits per heavy atom. The average Bonchev–Trinajstić information content (AvgIpc) is 2.47. The minimum atomic E-state index is -0.146. The third kappa shape index (κ3) is 3.10. The highest BCUT2D eigenvalue weighted by Crippen LogP contribution is 2.41. The monoisotopic (exact) mass is 279 g/mol. The Morgan fingerprint density at radius 3 is 2.35 bits per heavy atom. The van der Waals surface area contributed by atoms with Crippen molar-refractivity contribution in [2.45, 2.75) is 77.2 Å². The van der Waals surface area contributed by atoms with Crippen molar-refractivity contribution in [2.75, 3.05) is 14.1 Å². The van der Waals surface area contributed by atoms with Gasteiger partial charge in [-0.1, -0.05) is 33.1 Å². The summed E-state index contributed by atoms with van der Waals surface area (Å²) >= 11 is 0. The summed E-state index contributed by atoms with van der Waals surface area (Å²) in [5.41, 5.74) is -0.146. The summed E-state index contributed by atoms with van der Waals surface area (Å²) in [7, 11) is 4.24. The SMILES string of the molecule is CCC1CCCC(C(=O)C2(N(C)C)CCC(C)CC2)C1. The van der Waals surface area contributed by atoms with E-state index in [4.69, 9.17) is 0 Å². The van der Waals surface area contributed by atoms with Gasteiger partial charge in [0.1, 0.15) is 0 Å². The second-order valence-corrected chi connectivity index (χ2v) is 7.61. The zero-order chi connectivity index (χ0) is 14.8. The molecule has 0 aliphatic heterocycles. The van der Waals surface area contributed by atoms with Gasteiger partial charge < -0.3 is 0 Å². The summed E-state index contributed by atoms with van der Waals surface area (Å²) in [6.45, 7) is 4.61. The van der Waals surface area contributed by atoms with Gasteiger partial charge in [0.2, 0.25) is 0 Å². The third-order valence-electron chi connectivity index (χ3n) is 6.15. The Bertz CT molecular complexity index is 328. The fraction of sp³-hybridized carbons (Fsp3) is 0.944. The zero-order valence-electron chi connectivity index (χ0n) is 14.0. The molecule has 2 saturated carbocycles. The molecule has 2 rings (SSSR count). The molecule has 2 nitrogen and oxygen atoms in total. The molecule has 0 radical (unpaired) electrons. The molecule has 2 fully saturated rings. The summed E-state index contributed by atoms with van der Waals surface area (Å²) in [6.07, 6.45) is 10.7. The van der Waals surface area contributed by atoms with Crippen LogP contribution in [0.15, 0.2) is 0 Å². The Hall–Kier alpha value is -0.370. The maximum absolute atomic E-state index is 13.2. The Labute approximate surface area is 125 Å². The molecule has 0 spiro atoms. The first-order chi connectivity index (χ1) is 9.49. The molecule has 2 atom stereocenters. The van der Waals surface area contributed by atoms with Crippen molar-refractivity contribution in [2.24, 2.45) is 17.8 Å². The Morgan fingerprint density at radius 1 is 1.15 bits per heavy atom. The van der Waals surface area contributed by atoms with Crippen LogP contribution in [0.3, 0.4) is 0 Å². The van der Waals surface area contributed by atoms with Crippen LogP contribution in [-0.2, 0) is 4.79 Å². The van der Waals surface area contributed by atoms with E-state index in [1.54, 1.807) is 0 Å². The Balaban J connectivity index is 2.11. The standard InChI is InChI=1S/C18H33NO/c1-5-15-7-6-8-16(13-15)17(20)18(19(3)4)11-9-14(2)10-12-18/h14-16H,5-13H2,1-4H3. The van der Waals surface area contributed by atoms with E-state index >= 15 is 0 Å². The van der Waals surface area contributed by atoms with Gasteiger partial charge in [0, 0.05) is 5.92 Å². The van der Waals surface area contributed by atoms with Crippen molar-refractivity contribution >= 4 is 5.78 Å². The fourth-order valence-corrected chi connectivity index (χ4v) is 4.43. The van der Waals surface area contributed by atoms with Crippen molar-refractivity contribution in [1.82, 2.24) is 4.90 Å². The number of likely N-dealkylation sites (N-methyl/N-ethyl adjacent to an activating group) is 1. The van der Waals surface area contributed by atoms with Crippen molar-refractivity contribution in [3.63, 3.8) is 0 Å². The van der Waals surface area contributed by atoms with Gasteiger partial charge in [0.25, 0.3) is 0 Å². The van der Waals surface area contributed by atoms with Gasteiger partial charge in [-0.3, -0.25) is 9.69 Å². The van der Waals surface area contributed by atoms with Crippen LogP contribution in [0.25, 0.3) is 0 Å². The van der Waals surface area contributed by atoms with Crippen LogP contribution in [0.4, 0.5) is 0 Å². The van der Waals surface area contributed by atoms with Gasteiger partial charge >= 0.3 is 0 Å². The van der Waals surface area contributed by atoms with Crippen LogP contribution < -0.4 is 0 Å². The number of hydrogen-bond donors (Lipinski definition) is 0. The van der Waals surface area contributed by atoms with Crippen LogP contribution >= 0.6 is 0 Å². The van der Waals surface area contributed by atoms with Crippen molar-refractivity contribution in [3.05, 3.63) is 0 Å². The molecule has 20 heavy (non-hydrogen) atoms. The van der Waals surface area contributed by atoms with Crippen LogP contribution in [0.5, 0.6) is 0 Å². The third-order valence-corrected chi connectivity index (χ3v) is 6.15. The molecule has 0 saturated heterocycles. The van der Waals surface area contributed by atoms with E-state index in [9.17, 15) is 4.79 Å². The first-order valence-electron chi connectivity index (χ1n) is 8.71. The first kappa shape index (κ1) is 16.0. The fourth-order valence-electron chi connectivity index (χ4n) is 4.43. The number of hydrogen-bond acceptors (Lipinski definition) is 2. The van der Waals surface area contributed by atoms with Crippen molar-refractivity contribution in [3.8, 4) is 0 Å². The summed E-state index contributed by atoms with van der Waals surface area (Å²) in [5, 5.41) is 0. The molecular formula is C18H33NO. The van der Waals surface area contributed by atoms with E-state index in [1.807, 2.05) is 0 Å². The molecule has 0 aromatic heterocycles. The van der Waals surface area contributed by atoms with E-state index in [1.165, 1.54) is 32.1 Å². The lowest BCUT2D eigenvalue weighted by molar-refractivity contribution is -0.138. The van der Waals surface area contributed by atoms with Gasteiger partial charge in [-0.25, -0.2) is 0 Å². The molecule has 2 aliphatic rings. The van der Waals surface area contributed by atoms with Crippen LogP contribution in [-0.4, -0.2) is 30.3 Å². The summed E-state index contributed by atoms with van der Waals surface area (Å²) in [5.74, 6) is 2.50. The minimum Gasteiger partial charge on any atom is -0.297 e. The number of rotatable bonds is 4. The van der Waals surface area contributed by atoms with Crippen LogP contribution in [0.2, 0.25) is 0 Å². The molecule has 0 heterocycles. The van der Waals surface area contributed by atoms with Crippen LogP contribution in [0, 0.1) is 17.8 Å². The second kappa shape index (κ2) is 6.60. The molecule has 0 bridgehead atoms. The normalized spacial score (nSPS) is 39.0. The molecule has 2 unspecified atom stereocenters. The van der Waals surface area contributed by atoms with Crippen molar-refractivity contribution in [1.29, 1.82) is 0 Å². The lowest BCUT2D eigenvalue weighted by Gasteiger charge is -2.46. The number of carbonyl (C=O) groups is 1. The highest BCUT2D eigenvalue weighted by Gasteiger charge is 2.46. The number of nitrogens with zero attached hydrogens (tertiary/aromatic N) is 1. The lowest BCUT2D eigenvalue weighted by Crippen LogP contribution is -2.55. The topological polar surface area (TPSA) is 20.3 Å². The molecule has 2 aliphatic carbocycles. The van der Waals surface area contributed by atoms with E-state index in [2.05, 4.69) is 32.8 Å². The number of carbonyl (C=O) groups excluding carboxylic acids is 1. The molecule has 116 valence electrons. The summed E-state index contributed by atoms with van der Waals surface area (Å²) in [4.78, 5) is 15.5. The van der Waals surface area contributed by atoms with E-state index in [0.717, 1.165) is 37.5 Å². The van der Waals surface area contributed by atoms with Gasteiger partial charge in [0.05, 0.1) is 5.54 Å². The maximum atomic E-state index is 13.2. The minimum absolute atomic E-state index is 0.146. The molecule has 2 heteroatoms. The predicted octanol–water partition coefficient (Wildman–Crippen LogP) is 4.28.